The summed E-state index contributed by atoms with van der Waals surface area (Å²) in [4.78, 5) is 21.4. The molecule has 1 rings (SSSR count). The topological polar surface area (TPSA) is 66.4 Å². The van der Waals surface area contributed by atoms with Gasteiger partial charge in [0.05, 0.1) is 0 Å². The van der Waals surface area contributed by atoms with Crippen LogP contribution in [-0.2, 0) is 4.79 Å². The molecule has 0 aliphatic heterocycles. The Morgan fingerprint density at radius 3 is 2.60 bits per heavy atom. The molecule has 1 aromatic rings. The molecular weight excluding hydrogens is 218 g/mol. The Morgan fingerprint density at radius 1 is 1.40 bits per heavy atom. The van der Waals surface area contributed by atoms with Gasteiger partial charge in [0.1, 0.15) is 6.54 Å². The maximum absolute atomic E-state index is 11.1. The van der Waals surface area contributed by atoms with E-state index in [1.54, 1.807) is 12.1 Å². The van der Waals surface area contributed by atoms with Crippen molar-refractivity contribution in [3.8, 4) is 0 Å². The first-order valence-corrected chi connectivity index (χ1v) is 4.64. The molecular formula is C10H10ClNO3. The van der Waals surface area contributed by atoms with Crippen LogP contribution < -0.4 is 5.32 Å². The molecule has 0 spiro atoms. The number of benzene rings is 1. The molecule has 0 amide bonds. The fourth-order valence-corrected chi connectivity index (χ4v) is 1.31. The highest BCUT2D eigenvalue weighted by molar-refractivity contribution is 6.31. The minimum absolute atomic E-state index is 0.115. The first-order chi connectivity index (χ1) is 6.99. The summed E-state index contributed by atoms with van der Waals surface area (Å²) in [6.07, 6.45) is 0. The number of carboxylic acid groups (broad SMARTS) is 1. The second kappa shape index (κ2) is 4.79. The molecule has 0 saturated heterocycles. The summed E-state index contributed by atoms with van der Waals surface area (Å²) in [5, 5.41) is 11.5. The van der Waals surface area contributed by atoms with Gasteiger partial charge in [0.25, 0.3) is 0 Å². The Kier molecular flexibility index (Phi) is 3.68. The minimum atomic E-state index is -0.973. The van der Waals surface area contributed by atoms with Crippen molar-refractivity contribution >= 4 is 29.0 Å². The van der Waals surface area contributed by atoms with Crippen LogP contribution in [0.5, 0.6) is 0 Å². The molecule has 0 bridgehead atoms. The number of anilines is 1. The van der Waals surface area contributed by atoms with E-state index in [1.165, 1.54) is 13.0 Å². The van der Waals surface area contributed by atoms with E-state index in [2.05, 4.69) is 5.32 Å². The van der Waals surface area contributed by atoms with Gasteiger partial charge in [-0.3, -0.25) is 9.59 Å². The van der Waals surface area contributed by atoms with Gasteiger partial charge in [0, 0.05) is 16.3 Å². The summed E-state index contributed by atoms with van der Waals surface area (Å²) >= 11 is 5.77. The third-order valence-corrected chi connectivity index (χ3v) is 1.97. The number of hydrogen-bond donors (Lipinski definition) is 2. The van der Waals surface area contributed by atoms with E-state index in [1.807, 2.05) is 0 Å². The SMILES string of the molecule is CC(=O)c1cc(Cl)cc(NCC(=O)O)c1. The smallest absolute Gasteiger partial charge is 0.322 e. The van der Waals surface area contributed by atoms with Gasteiger partial charge in [-0.15, -0.1) is 0 Å². The predicted molar refractivity (Wildman–Crippen MR) is 57.6 cm³/mol. The lowest BCUT2D eigenvalue weighted by atomic mass is 10.1. The van der Waals surface area contributed by atoms with Gasteiger partial charge in [0.15, 0.2) is 5.78 Å². The molecule has 1 aromatic carbocycles. The van der Waals surface area contributed by atoms with E-state index in [-0.39, 0.29) is 12.3 Å². The number of halogens is 1. The van der Waals surface area contributed by atoms with Gasteiger partial charge < -0.3 is 10.4 Å². The molecule has 0 radical (unpaired) electrons. The first-order valence-electron chi connectivity index (χ1n) is 4.26. The van der Waals surface area contributed by atoms with E-state index in [9.17, 15) is 9.59 Å². The summed E-state index contributed by atoms with van der Waals surface area (Å²) in [5.41, 5.74) is 0.977. The zero-order chi connectivity index (χ0) is 11.4. The molecule has 15 heavy (non-hydrogen) atoms. The summed E-state index contributed by atoms with van der Waals surface area (Å²) in [6, 6.07) is 4.67. The molecule has 0 saturated carbocycles. The number of carbonyl (C=O) groups excluding carboxylic acids is 1. The standard InChI is InChI=1S/C10H10ClNO3/c1-6(13)7-2-8(11)4-9(3-7)12-5-10(14)15/h2-4,12H,5H2,1H3,(H,14,15). The highest BCUT2D eigenvalue weighted by Crippen LogP contribution is 2.19. The second-order valence-corrected chi connectivity index (χ2v) is 3.47. The van der Waals surface area contributed by atoms with Crippen molar-refractivity contribution < 1.29 is 14.7 Å². The number of aliphatic carboxylic acids is 1. The fraction of sp³-hybridized carbons (Fsp3) is 0.200. The first kappa shape index (κ1) is 11.5. The Bertz CT molecular complexity index is 404. The van der Waals surface area contributed by atoms with Crippen LogP contribution in [-0.4, -0.2) is 23.4 Å². The molecule has 0 aromatic heterocycles. The molecule has 80 valence electrons. The Balaban J connectivity index is 2.88. The van der Waals surface area contributed by atoms with Crippen LogP contribution in [0.4, 0.5) is 5.69 Å². The molecule has 0 atom stereocenters. The van der Waals surface area contributed by atoms with E-state index in [0.717, 1.165) is 0 Å². The number of hydrogen-bond acceptors (Lipinski definition) is 3. The average Bonchev–Trinajstić information content (AvgIpc) is 2.13. The lowest BCUT2D eigenvalue weighted by Crippen LogP contribution is -2.12. The fourth-order valence-electron chi connectivity index (χ4n) is 1.07. The summed E-state index contributed by atoms with van der Waals surface area (Å²) in [6.45, 7) is 1.21. The Labute approximate surface area is 91.9 Å². The van der Waals surface area contributed by atoms with Crippen LogP contribution in [0.3, 0.4) is 0 Å². The summed E-state index contributed by atoms with van der Waals surface area (Å²) in [7, 11) is 0. The van der Waals surface area contributed by atoms with Crippen molar-refractivity contribution in [3.05, 3.63) is 28.8 Å². The Morgan fingerprint density at radius 2 is 2.07 bits per heavy atom. The van der Waals surface area contributed by atoms with Crippen LogP contribution in [0.2, 0.25) is 5.02 Å². The Hall–Kier alpha value is -1.55. The lowest BCUT2D eigenvalue weighted by Gasteiger charge is -2.05. The van der Waals surface area contributed by atoms with Crippen LogP contribution in [0.15, 0.2) is 18.2 Å². The molecule has 0 aliphatic rings. The van der Waals surface area contributed by atoms with Crippen LogP contribution in [0.25, 0.3) is 0 Å². The van der Waals surface area contributed by atoms with Crippen LogP contribution in [0.1, 0.15) is 17.3 Å². The van der Waals surface area contributed by atoms with Crippen molar-refractivity contribution in [2.45, 2.75) is 6.92 Å². The lowest BCUT2D eigenvalue weighted by molar-refractivity contribution is -0.134. The van der Waals surface area contributed by atoms with Gasteiger partial charge in [-0.2, -0.15) is 0 Å². The van der Waals surface area contributed by atoms with Crippen molar-refractivity contribution in [3.63, 3.8) is 0 Å². The van der Waals surface area contributed by atoms with E-state index in [4.69, 9.17) is 16.7 Å². The van der Waals surface area contributed by atoms with Gasteiger partial charge in [0.2, 0.25) is 0 Å². The minimum Gasteiger partial charge on any atom is -0.480 e. The number of carboxylic acids is 1. The summed E-state index contributed by atoms with van der Waals surface area (Å²) < 4.78 is 0. The molecule has 2 N–H and O–H groups in total. The zero-order valence-corrected chi connectivity index (χ0v) is 8.84. The number of rotatable bonds is 4. The van der Waals surface area contributed by atoms with E-state index < -0.39 is 5.97 Å². The quantitative estimate of drug-likeness (QED) is 0.773. The summed E-state index contributed by atoms with van der Waals surface area (Å²) in [5.74, 6) is -1.09. The predicted octanol–water partition coefficient (Wildman–Crippen LogP) is 2.04. The molecule has 0 fully saturated rings. The van der Waals surface area contributed by atoms with Gasteiger partial charge in [-0.1, -0.05) is 11.6 Å². The van der Waals surface area contributed by atoms with Gasteiger partial charge in [-0.25, -0.2) is 0 Å². The number of ketones is 1. The highest BCUT2D eigenvalue weighted by Gasteiger charge is 2.04. The largest absolute Gasteiger partial charge is 0.480 e. The van der Waals surface area contributed by atoms with Crippen LogP contribution in [0, 0.1) is 0 Å². The van der Waals surface area contributed by atoms with Crippen molar-refractivity contribution in [2.75, 3.05) is 11.9 Å². The third-order valence-electron chi connectivity index (χ3n) is 1.75. The number of carbonyl (C=O) groups is 2. The van der Waals surface area contributed by atoms with Gasteiger partial charge in [-0.05, 0) is 25.1 Å². The molecule has 0 unspecified atom stereocenters. The molecule has 0 aliphatic carbocycles. The normalized spacial score (nSPS) is 9.73. The van der Waals surface area contributed by atoms with Crippen molar-refractivity contribution in [2.24, 2.45) is 0 Å². The zero-order valence-electron chi connectivity index (χ0n) is 8.08. The second-order valence-electron chi connectivity index (χ2n) is 3.03. The monoisotopic (exact) mass is 227 g/mol. The van der Waals surface area contributed by atoms with Crippen molar-refractivity contribution in [1.82, 2.24) is 0 Å². The van der Waals surface area contributed by atoms with Crippen molar-refractivity contribution in [1.29, 1.82) is 0 Å². The molecule has 5 heteroatoms. The number of Topliss-reactive ketones (excluding diaryl/α,β-unsaturated/α-hetero) is 1. The van der Waals surface area contributed by atoms with E-state index in [0.29, 0.717) is 16.3 Å². The van der Waals surface area contributed by atoms with E-state index >= 15 is 0 Å². The van der Waals surface area contributed by atoms with Gasteiger partial charge >= 0.3 is 5.97 Å². The van der Waals surface area contributed by atoms with Crippen LogP contribution >= 0.6 is 11.6 Å². The molecule has 0 heterocycles. The number of nitrogens with one attached hydrogen (secondary N) is 1. The average molecular weight is 228 g/mol. The maximum Gasteiger partial charge on any atom is 0.322 e. The molecule has 4 nitrogen and oxygen atoms in total. The maximum atomic E-state index is 11.1. The highest BCUT2D eigenvalue weighted by atomic mass is 35.5. The third kappa shape index (κ3) is 3.59.